The number of ether oxygens (including phenoxy) is 2. The Hall–Kier alpha value is -0.640. The first kappa shape index (κ1) is 21.4. The first-order chi connectivity index (χ1) is 11.3. The first-order valence-electron chi connectivity index (χ1n) is 8.10. The Morgan fingerprint density at radius 3 is 3.00 bits per heavy atom. The van der Waals surface area contributed by atoms with E-state index in [9.17, 15) is 0 Å². The maximum Gasteiger partial charge on any atom is 0.191 e. The highest BCUT2D eigenvalue weighted by molar-refractivity contribution is 14.0. The fourth-order valence-corrected chi connectivity index (χ4v) is 2.30. The van der Waals surface area contributed by atoms with Crippen molar-refractivity contribution in [3.05, 3.63) is 29.0 Å². The van der Waals surface area contributed by atoms with Gasteiger partial charge in [-0.25, -0.2) is 9.98 Å². The van der Waals surface area contributed by atoms with Crippen LogP contribution in [-0.2, 0) is 16.0 Å². The van der Waals surface area contributed by atoms with Gasteiger partial charge in [0.25, 0.3) is 0 Å². The smallest absolute Gasteiger partial charge is 0.191 e. The summed E-state index contributed by atoms with van der Waals surface area (Å²) in [4.78, 5) is 8.59. The molecule has 0 aliphatic carbocycles. The van der Waals surface area contributed by atoms with Crippen molar-refractivity contribution in [3.8, 4) is 0 Å². The molecule has 2 heterocycles. The van der Waals surface area contributed by atoms with Crippen molar-refractivity contribution in [2.75, 3.05) is 32.9 Å². The van der Waals surface area contributed by atoms with E-state index in [2.05, 4.69) is 20.6 Å². The Morgan fingerprint density at radius 2 is 2.33 bits per heavy atom. The number of aromatic nitrogens is 1. The Labute approximate surface area is 165 Å². The van der Waals surface area contributed by atoms with Gasteiger partial charge in [0, 0.05) is 32.5 Å². The van der Waals surface area contributed by atoms with E-state index < -0.39 is 0 Å². The molecular formula is C16H26ClIN4O2. The second-order valence-corrected chi connectivity index (χ2v) is 5.71. The molecule has 2 N–H and O–H groups in total. The van der Waals surface area contributed by atoms with Crippen LogP contribution < -0.4 is 10.6 Å². The molecule has 1 aliphatic heterocycles. The van der Waals surface area contributed by atoms with Crippen LogP contribution >= 0.6 is 35.6 Å². The number of nitrogens with zero attached hydrogens (tertiary/aromatic N) is 2. The van der Waals surface area contributed by atoms with Crippen LogP contribution in [0.25, 0.3) is 0 Å². The lowest BCUT2D eigenvalue weighted by atomic mass is 10.3. The summed E-state index contributed by atoms with van der Waals surface area (Å²) in [6, 6.07) is 3.71. The molecule has 0 bridgehead atoms. The van der Waals surface area contributed by atoms with Gasteiger partial charge in [-0.15, -0.1) is 24.0 Å². The average molecular weight is 469 g/mol. The monoisotopic (exact) mass is 468 g/mol. The van der Waals surface area contributed by atoms with Gasteiger partial charge < -0.3 is 20.1 Å². The van der Waals surface area contributed by atoms with Crippen molar-refractivity contribution in [2.24, 2.45) is 4.99 Å². The van der Waals surface area contributed by atoms with Gasteiger partial charge in [-0.05, 0) is 31.4 Å². The minimum atomic E-state index is 0. The molecule has 2 rings (SSSR count). The van der Waals surface area contributed by atoms with Crippen molar-refractivity contribution >= 4 is 41.5 Å². The number of nitrogens with one attached hydrogen (secondary N) is 2. The molecule has 0 amide bonds. The molecular weight excluding hydrogens is 443 g/mol. The average Bonchev–Trinajstić information content (AvgIpc) is 3.07. The van der Waals surface area contributed by atoms with Crippen LogP contribution in [0.15, 0.2) is 23.3 Å². The molecule has 24 heavy (non-hydrogen) atoms. The quantitative estimate of drug-likeness (QED) is 0.202. The highest BCUT2D eigenvalue weighted by atomic mass is 127. The van der Waals surface area contributed by atoms with E-state index in [1.54, 1.807) is 12.3 Å². The van der Waals surface area contributed by atoms with E-state index in [-0.39, 0.29) is 30.1 Å². The highest BCUT2D eigenvalue weighted by Gasteiger charge is 2.15. The predicted octanol–water partition coefficient (Wildman–Crippen LogP) is 2.60. The van der Waals surface area contributed by atoms with Crippen molar-refractivity contribution in [3.63, 3.8) is 0 Å². The summed E-state index contributed by atoms with van der Waals surface area (Å²) in [5, 5.41) is 7.03. The fourth-order valence-electron chi connectivity index (χ4n) is 2.19. The van der Waals surface area contributed by atoms with E-state index in [1.165, 1.54) is 0 Å². The molecule has 0 radical (unpaired) electrons. The Morgan fingerprint density at radius 1 is 1.46 bits per heavy atom. The molecule has 1 atom stereocenters. The topological polar surface area (TPSA) is 67.8 Å². The van der Waals surface area contributed by atoms with Crippen LogP contribution in [0.5, 0.6) is 0 Å². The number of hydrogen-bond donors (Lipinski definition) is 2. The molecule has 1 saturated heterocycles. The van der Waals surface area contributed by atoms with Gasteiger partial charge in [0.15, 0.2) is 5.96 Å². The maximum atomic E-state index is 5.78. The van der Waals surface area contributed by atoms with Crippen LogP contribution in [0.4, 0.5) is 0 Å². The van der Waals surface area contributed by atoms with Gasteiger partial charge >= 0.3 is 0 Å². The third-order valence-electron chi connectivity index (χ3n) is 3.41. The zero-order valence-corrected chi connectivity index (χ0v) is 17.0. The number of guanidine groups is 1. The molecule has 0 spiro atoms. The molecule has 0 saturated carbocycles. The minimum absolute atomic E-state index is 0. The lowest BCUT2D eigenvalue weighted by molar-refractivity contribution is 0.0420. The number of rotatable bonds is 8. The van der Waals surface area contributed by atoms with Crippen molar-refractivity contribution < 1.29 is 9.47 Å². The molecule has 1 aromatic rings. The lowest BCUT2D eigenvalue weighted by Crippen LogP contribution is -2.38. The molecule has 1 unspecified atom stereocenters. The molecule has 1 fully saturated rings. The van der Waals surface area contributed by atoms with Crippen molar-refractivity contribution in [1.82, 2.24) is 15.6 Å². The highest BCUT2D eigenvalue weighted by Crippen LogP contribution is 2.08. The summed E-state index contributed by atoms with van der Waals surface area (Å²) in [5.74, 6) is 0.798. The molecule has 1 aromatic heterocycles. The van der Waals surface area contributed by atoms with E-state index in [4.69, 9.17) is 21.1 Å². The summed E-state index contributed by atoms with van der Waals surface area (Å²) in [5.41, 5.74) is 1.02. The normalized spacial score (nSPS) is 17.4. The van der Waals surface area contributed by atoms with Gasteiger partial charge in [-0.3, -0.25) is 0 Å². The summed E-state index contributed by atoms with van der Waals surface area (Å²) in [7, 11) is 0. The van der Waals surface area contributed by atoms with Crippen molar-refractivity contribution in [2.45, 2.75) is 32.4 Å². The van der Waals surface area contributed by atoms with Crippen LogP contribution in [0.2, 0.25) is 5.15 Å². The lowest BCUT2D eigenvalue weighted by Gasteiger charge is -2.13. The molecule has 0 aromatic carbocycles. The largest absolute Gasteiger partial charge is 0.379 e. The Kier molecular flexibility index (Phi) is 11.3. The van der Waals surface area contributed by atoms with E-state index >= 15 is 0 Å². The predicted molar refractivity (Wildman–Crippen MR) is 107 cm³/mol. The Bertz CT molecular complexity index is 481. The number of aliphatic imine (C=N–C) groups is 1. The summed E-state index contributed by atoms with van der Waals surface area (Å²) < 4.78 is 11.0. The third-order valence-corrected chi connectivity index (χ3v) is 3.63. The summed E-state index contributed by atoms with van der Waals surface area (Å²) >= 11 is 5.78. The van der Waals surface area contributed by atoms with Crippen molar-refractivity contribution in [1.29, 1.82) is 0 Å². The molecule has 1 aliphatic rings. The maximum absolute atomic E-state index is 5.78. The Balaban J connectivity index is 0.00000288. The number of pyridine rings is 1. The molecule has 6 nitrogen and oxygen atoms in total. The zero-order valence-electron chi connectivity index (χ0n) is 14.0. The van der Waals surface area contributed by atoms with Crippen LogP contribution in [0.3, 0.4) is 0 Å². The summed E-state index contributed by atoms with van der Waals surface area (Å²) in [6.07, 6.45) is 3.96. The minimum Gasteiger partial charge on any atom is -0.379 e. The van der Waals surface area contributed by atoms with Crippen LogP contribution in [0.1, 0.15) is 25.3 Å². The van der Waals surface area contributed by atoms with Crippen LogP contribution in [0, 0.1) is 0 Å². The number of hydrogen-bond acceptors (Lipinski definition) is 4. The second kappa shape index (κ2) is 12.7. The summed E-state index contributed by atoms with van der Waals surface area (Å²) in [6.45, 7) is 6.53. The standard InChI is InChI=1S/C16H25ClN4O2.HI/c1-2-18-16(21-11-13-4-5-15(17)20-10-13)19-7-3-8-23-14-6-9-22-12-14;/h4-5,10,14H,2-3,6-9,11-12H2,1H3,(H2,18,19,21);1H. The van der Waals surface area contributed by atoms with E-state index in [0.29, 0.717) is 11.7 Å². The second-order valence-electron chi connectivity index (χ2n) is 5.32. The van der Waals surface area contributed by atoms with Crippen LogP contribution in [-0.4, -0.2) is 50.0 Å². The van der Waals surface area contributed by atoms with Gasteiger partial charge in [0.2, 0.25) is 0 Å². The fraction of sp³-hybridized carbons (Fsp3) is 0.625. The molecule has 8 heteroatoms. The third kappa shape index (κ3) is 8.46. The number of halogens is 2. The zero-order chi connectivity index (χ0) is 16.3. The van der Waals surface area contributed by atoms with Gasteiger partial charge in [-0.1, -0.05) is 17.7 Å². The SMILES string of the molecule is CCNC(=NCc1ccc(Cl)nc1)NCCCOC1CCOC1.I. The van der Waals surface area contributed by atoms with E-state index in [1.807, 2.05) is 13.0 Å². The van der Waals surface area contributed by atoms with Gasteiger partial charge in [0.1, 0.15) is 5.15 Å². The molecule has 136 valence electrons. The van der Waals surface area contributed by atoms with E-state index in [0.717, 1.165) is 57.3 Å². The van der Waals surface area contributed by atoms with Gasteiger partial charge in [0.05, 0.1) is 19.3 Å². The first-order valence-corrected chi connectivity index (χ1v) is 8.47. The van der Waals surface area contributed by atoms with Gasteiger partial charge in [-0.2, -0.15) is 0 Å².